The molecule has 1 unspecified atom stereocenters. The molecule has 1 aliphatic rings. The Balaban J connectivity index is 1.85. The summed E-state index contributed by atoms with van der Waals surface area (Å²) in [5, 5.41) is 11.5. The van der Waals surface area contributed by atoms with Gasteiger partial charge < -0.3 is 14.6 Å². The van der Waals surface area contributed by atoms with Crippen molar-refractivity contribution in [3.8, 4) is 5.75 Å². The van der Waals surface area contributed by atoms with Crippen molar-refractivity contribution in [2.24, 2.45) is 0 Å². The smallest absolute Gasteiger partial charge is 0.350 e. The number of hydrogen-bond donors (Lipinski definition) is 1. The van der Waals surface area contributed by atoms with Gasteiger partial charge in [0.1, 0.15) is 23.0 Å². The lowest BCUT2D eigenvalue weighted by atomic mass is 9.95. The van der Waals surface area contributed by atoms with Crippen LogP contribution in [-0.4, -0.2) is 41.0 Å². The van der Waals surface area contributed by atoms with Gasteiger partial charge in [-0.1, -0.05) is 71.1 Å². The van der Waals surface area contributed by atoms with Crippen molar-refractivity contribution in [1.29, 1.82) is 0 Å². The zero-order valence-electron chi connectivity index (χ0n) is 20.8. The Morgan fingerprint density at radius 3 is 2.66 bits per heavy atom. The maximum Gasteiger partial charge on any atom is 0.350 e. The van der Waals surface area contributed by atoms with Crippen molar-refractivity contribution in [2.45, 2.75) is 26.3 Å². The number of carbonyl (C=O) groups is 3. The van der Waals surface area contributed by atoms with Crippen LogP contribution in [0.5, 0.6) is 5.75 Å². The van der Waals surface area contributed by atoms with E-state index in [1.54, 1.807) is 55.5 Å². The molecule has 1 saturated heterocycles. The van der Waals surface area contributed by atoms with E-state index in [1.807, 2.05) is 6.92 Å². The van der Waals surface area contributed by atoms with Gasteiger partial charge in [0.2, 0.25) is 0 Å². The summed E-state index contributed by atoms with van der Waals surface area (Å²) in [5.74, 6) is -2.13. The lowest BCUT2D eigenvalue weighted by Crippen LogP contribution is -2.29. The van der Waals surface area contributed by atoms with Gasteiger partial charge >= 0.3 is 11.9 Å². The molecular formula is C28H25BrN2O6S. The van der Waals surface area contributed by atoms with Crippen molar-refractivity contribution in [1.82, 2.24) is 4.98 Å². The molecule has 10 heteroatoms. The number of halogens is 1. The van der Waals surface area contributed by atoms with Gasteiger partial charge in [0.05, 0.1) is 23.9 Å². The Morgan fingerprint density at radius 1 is 1.24 bits per heavy atom. The van der Waals surface area contributed by atoms with Gasteiger partial charge in [-0.15, -0.1) is 0 Å². The Bertz CT molecular complexity index is 1430. The standard InChI is InChI=1S/C28H25BrN2O6S/c1-4-13-36-20-8-6-7-18(15-20)23(32)21-22(17-9-11-19(29)12-10-17)31(26(34)24(21)33)28-30-16(3)25(38-28)27(35)37-14-5-2/h5-12,15,22,32H,2,4,13-14H2,1,3H3/b23-21+. The summed E-state index contributed by atoms with van der Waals surface area (Å²) < 4.78 is 11.6. The number of anilines is 1. The minimum Gasteiger partial charge on any atom is -0.507 e. The molecule has 1 aromatic heterocycles. The molecule has 8 nitrogen and oxygen atoms in total. The van der Waals surface area contributed by atoms with E-state index in [9.17, 15) is 19.5 Å². The van der Waals surface area contributed by atoms with Crippen LogP contribution in [0.3, 0.4) is 0 Å². The summed E-state index contributed by atoms with van der Waals surface area (Å²) in [5.41, 5.74) is 1.18. The first kappa shape index (κ1) is 27.3. The zero-order chi connectivity index (χ0) is 27.4. The van der Waals surface area contributed by atoms with E-state index in [0.717, 1.165) is 22.2 Å². The monoisotopic (exact) mass is 596 g/mol. The number of Topliss-reactive ketones (excluding diaryl/α,β-unsaturated/α-hetero) is 1. The van der Waals surface area contributed by atoms with Crippen molar-refractivity contribution in [2.75, 3.05) is 18.1 Å². The number of aliphatic hydroxyl groups is 1. The SMILES string of the molecule is C=CCOC(=O)c1sc(N2C(=O)C(=O)/C(=C(/O)c3cccc(OCCC)c3)C2c2ccc(Br)cc2)nc1C. The van der Waals surface area contributed by atoms with Crippen LogP contribution in [0.25, 0.3) is 5.76 Å². The summed E-state index contributed by atoms with van der Waals surface area (Å²) >= 11 is 4.35. The van der Waals surface area contributed by atoms with Gasteiger partial charge in [-0.25, -0.2) is 9.78 Å². The number of benzene rings is 2. The number of esters is 1. The average Bonchev–Trinajstić information content (AvgIpc) is 3.42. The Morgan fingerprint density at radius 2 is 1.97 bits per heavy atom. The van der Waals surface area contributed by atoms with Crippen LogP contribution in [0, 0.1) is 6.92 Å². The van der Waals surface area contributed by atoms with E-state index in [1.165, 1.54) is 11.0 Å². The van der Waals surface area contributed by atoms with Crippen molar-refractivity contribution in [3.05, 3.63) is 92.9 Å². The Labute approximate surface area is 232 Å². The van der Waals surface area contributed by atoms with E-state index in [4.69, 9.17) is 9.47 Å². The number of amides is 1. The first-order chi connectivity index (χ1) is 18.3. The summed E-state index contributed by atoms with van der Waals surface area (Å²) in [7, 11) is 0. The second kappa shape index (κ2) is 11.7. The fourth-order valence-electron chi connectivity index (χ4n) is 3.97. The van der Waals surface area contributed by atoms with E-state index in [-0.39, 0.29) is 27.9 Å². The molecule has 0 bridgehead atoms. The van der Waals surface area contributed by atoms with Gasteiger partial charge in [0.25, 0.3) is 5.78 Å². The van der Waals surface area contributed by atoms with Gasteiger partial charge in [-0.05, 0) is 43.2 Å². The maximum atomic E-state index is 13.4. The average molecular weight is 597 g/mol. The Hall–Kier alpha value is -3.76. The molecule has 1 atom stereocenters. The molecule has 4 rings (SSSR count). The molecule has 1 fully saturated rings. The number of ether oxygens (including phenoxy) is 2. The number of carbonyl (C=O) groups excluding carboxylic acids is 3. The fourth-order valence-corrected chi connectivity index (χ4v) is 5.23. The molecule has 1 amide bonds. The molecule has 0 radical (unpaired) electrons. The molecule has 1 aliphatic heterocycles. The normalized spacial score (nSPS) is 16.5. The van der Waals surface area contributed by atoms with Crippen LogP contribution < -0.4 is 9.64 Å². The van der Waals surface area contributed by atoms with E-state index in [0.29, 0.717) is 29.2 Å². The van der Waals surface area contributed by atoms with E-state index in [2.05, 4.69) is 27.5 Å². The highest BCUT2D eigenvalue weighted by atomic mass is 79.9. The van der Waals surface area contributed by atoms with Crippen molar-refractivity contribution in [3.63, 3.8) is 0 Å². The number of thiazole rings is 1. The van der Waals surface area contributed by atoms with Crippen LogP contribution in [0.1, 0.15) is 45.9 Å². The van der Waals surface area contributed by atoms with E-state index < -0.39 is 23.7 Å². The predicted octanol–water partition coefficient (Wildman–Crippen LogP) is 5.97. The third-order valence-corrected chi connectivity index (χ3v) is 7.38. The Kier molecular flexibility index (Phi) is 8.43. The minimum absolute atomic E-state index is 0.0238. The van der Waals surface area contributed by atoms with Crippen LogP contribution in [0.2, 0.25) is 0 Å². The highest BCUT2D eigenvalue weighted by Gasteiger charge is 2.48. The molecular weight excluding hydrogens is 572 g/mol. The number of ketones is 1. The molecule has 2 aromatic carbocycles. The second-order valence-corrected chi connectivity index (χ2v) is 10.3. The summed E-state index contributed by atoms with van der Waals surface area (Å²) in [6, 6.07) is 12.8. The molecule has 2 heterocycles. The lowest BCUT2D eigenvalue weighted by molar-refractivity contribution is -0.132. The molecule has 1 N–H and O–H groups in total. The third-order valence-electron chi connectivity index (χ3n) is 5.72. The minimum atomic E-state index is -0.981. The molecule has 3 aromatic rings. The predicted molar refractivity (Wildman–Crippen MR) is 148 cm³/mol. The second-order valence-electron chi connectivity index (χ2n) is 8.40. The van der Waals surface area contributed by atoms with Crippen LogP contribution >= 0.6 is 27.3 Å². The number of hydrogen-bond acceptors (Lipinski definition) is 8. The van der Waals surface area contributed by atoms with Gasteiger partial charge in [-0.2, -0.15) is 0 Å². The fraction of sp³-hybridized carbons (Fsp3) is 0.214. The molecule has 0 aliphatic carbocycles. The van der Waals surface area contributed by atoms with Crippen LogP contribution in [0.15, 0.2) is 71.2 Å². The van der Waals surface area contributed by atoms with E-state index >= 15 is 0 Å². The topological polar surface area (TPSA) is 106 Å². The lowest BCUT2D eigenvalue weighted by Gasteiger charge is -2.23. The molecule has 0 saturated carbocycles. The van der Waals surface area contributed by atoms with Crippen molar-refractivity contribution >= 4 is 55.8 Å². The van der Waals surface area contributed by atoms with Gasteiger partial charge in [0, 0.05) is 10.0 Å². The van der Waals surface area contributed by atoms with Crippen LogP contribution in [0.4, 0.5) is 5.13 Å². The highest BCUT2D eigenvalue weighted by molar-refractivity contribution is 9.10. The highest BCUT2D eigenvalue weighted by Crippen LogP contribution is 2.44. The molecule has 0 spiro atoms. The zero-order valence-corrected chi connectivity index (χ0v) is 23.2. The number of aryl methyl sites for hydroxylation is 1. The summed E-state index contributed by atoms with van der Waals surface area (Å²) in [6.45, 7) is 7.66. The summed E-state index contributed by atoms with van der Waals surface area (Å²) in [6.07, 6.45) is 2.25. The summed E-state index contributed by atoms with van der Waals surface area (Å²) in [4.78, 5) is 45.2. The third kappa shape index (κ3) is 5.41. The van der Waals surface area contributed by atoms with Crippen LogP contribution in [-0.2, 0) is 14.3 Å². The largest absolute Gasteiger partial charge is 0.507 e. The number of aromatic nitrogens is 1. The van der Waals surface area contributed by atoms with Gasteiger partial charge in [-0.3, -0.25) is 14.5 Å². The number of aliphatic hydroxyl groups excluding tert-OH is 1. The molecule has 38 heavy (non-hydrogen) atoms. The number of nitrogens with zero attached hydrogens (tertiary/aromatic N) is 2. The quantitative estimate of drug-likeness (QED) is 0.107. The number of rotatable bonds is 9. The van der Waals surface area contributed by atoms with Crippen molar-refractivity contribution < 1.29 is 29.0 Å². The molecule has 196 valence electrons. The first-order valence-corrected chi connectivity index (χ1v) is 13.4. The first-order valence-electron chi connectivity index (χ1n) is 11.8. The maximum absolute atomic E-state index is 13.4. The van der Waals surface area contributed by atoms with Gasteiger partial charge in [0.15, 0.2) is 5.13 Å².